The molecule has 2 aliphatic carbocycles. The van der Waals surface area contributed by atoms with E-state index in [0.717, 1.165) is 23.2 Å². The third-order valence-electron chi connectivity index (χ3n) is 5.96. The van der Waals surface area contributed by atoms with Crippen molar-refractivity contribution in [3.63, 3.8) is 0 Å². The van der Waals surface area contributed by atoms with Crippen LogP contribution in [0.3, 0.4) is 0 Å². The highest BCUT2D eigenvalue weighted by Crippen LogP contribution is 2.44. The van der Waals surface area contributed by atoms with E-state index in [2.05, 4.69) is 27.6 Å². The van der Waals surface area contributed by atoms with Crippen molar-refractivity contribution in [2.45, 2.75) is 25.9 Å². The number of benzene rings is 1. The van der Waals surface area contributed by atoms with Crippen LogP contribution in [0, 0.1) is 17.8 Å². The summed E-state index contributed by atoms with van der Waals surface area (Å²) in [5.74, 6) is 3.20. The van der Waals surface area contributed by atoms with Gasteiger partial charge >= 0.3 is 0 Å². The van der Waals surface area contributed by atoms with Crippen LogP contribution in [0.4, 0.5) is 0 Å². The van der Waals surface area contributed by atoms with Gasteiger partial charge < -0.3 is 14.6 Å². The lowest BCUT2D eigenvalue weighted by molar-refractivity contribution is 0.0941. The van der Waals surface area contributed by atoms with Crippen molar-refractivity contribution in [1.29, 1.82) is 0 Å². The second-order valence-corrected chi connectivity index (χ2v) is 7.91. The summed E-state index contributed by atoms with van der Waals surface area (Å²) in [6.45, 7) is 0.883. The number of ether oxygens (including phenoxy) is 1. The second-order valence-electron chi connectivity index (χ2n) is 7.91. The molecule has 0 aliphatic heterocycles. The Hall–Kier alpha value is -3.15. The van der Waals surface area contributed by atoms with Crippen LogP contribution >= 0.6 is 0 Å². The molecule has 1 saturated carbocycles. The van der Waals surface area contributed by atoms with Crippen molar-refractivity contribution in [2.75, 3.05) is 6.54 Å². The van der Waals surface area contributed by atoms with Crippen LogP contribution in [0.2, 0.25) is 0 Å². The van der Waals surface area contributed by atoms with Crippen LogP contribution in [-0.4, -0.2) is 22.6 Å². The van der Waals surface area contributed by atoms with E-state index in [-0.39, 0.29) is 12.5 Å². The summed E-state index contributed by atoms with van der Waals surface area (Å²) in [6, 6.07) is 11.2. The SMILES string of the molecule is O=C(NCC[C@@H]1C[C@@H]2C=C[C@H]1C2)c1cc(COc2ccc3ncccc3c2)on1. The summed E-state index contributed by atoms with van der Waals surface area (Å²) in [5, 5.41) is 7.85. The van der Waals surface area contributed by atoms with Crippen molar-refractivity contribution in [3.05, 3.63) is 66.2 Å². The van der Waals surface area contributed by atoms with E-state index in [0.29, 0.717) is 35.6 Å². The van der Waals surface area contributed by atoms with Crippen molar-refractivity contribution < 1.29 is 14.1 Å². The Morgan fingerprint density at radius 1 is 1.21 bits per heavy atom. The molecule has 2 aromatic heterocycles. The summed E-state index contributed by atoms with van der Waals surface area (Å²) < 4.78 is 11.0. The van der Waals surface area contributed by atoms with Gasteiger partial charge in [0.1, 0.15) is 12.4 Å². The molecule has 2 aliphatic rings. The van der Waals surface area contributed by atoms with Crippen molar-refractivity contribution in [2.24, 2.45) is 17.8 Å². The van der Waals surface area contributed by atoms with Crippen LogP contribution in [0.25, 0.3) is 10.9 Å². The average molecular weight is 389 g/mol. The third kappa shape index (κ3) is 3.88. The third-order valence-corrected chi connectivity index (χ3v) is 5.96. The Bertz CT molecular complexity index is 1060. The molecule has 2 bridgehead atoms. The summed E-state index contributed by atoms with van der Waals surface area (Å²) in [7, 11) is 0. The van der Waals surface area contributed by atoms with Crippen LogP contribution in [0.5, 0.6) is 5.75 Å². The number of allylic oxidation sites excluding steroid dienone is 2. The number of aromatic nitrogens is 2. The fraction of sp³-hybridized carbons (Fsp3) is 0.348. The van der Waals surface area contributed by atoms with E-state index >= 15 is 0 Å². The standard InChI is InChI=1S/C23H23N3O3/c27-23(25-9-7-17-11-15-3-4-16(17)10-15)22-13-20(29-26-22)14-28-19-5-6-21-18(12-19)2-1-8-24-21/h1-6,8,12-13,15-17H,7,9-11,14H2,(H,25,27)/t15-,16+,17-/m1/s1. The van der Waals surface area contributed by atoms with E-state index < -0.39 is 0 Å². The molecule has 2 heterocycles. The van der Waals surface area contributed by atoms with Gasteiger partial charge in [0.2, 0.25) is 0 Å². The molecule has 0 spiro atoms. The maximum absolute atomic E-state index is 12.3. The molecule has 5 rings (SSSR count). The Morgan fingerprint density at radius 3 is 3.03 bits per heavy atom. The number of carbonyl (C=O) groups excluding carboxylic acids is 1. The minimum absolute atomic E-state index is 0.199. The van der Waals surface area contributed by atoms with E-state index in [1.165, 1.54) is 12.8 Å². The zero-order chi connectivity index (χ0) is 19.6. The number of nitrogens with zero attached hydrogens (tertiary/aromatic N) is 2. The van der Waals surface area contributed by atoms with Gasteiger partial charge in [-0.25, -0.2) is 0 Å². The van der Waals surface area contributed by atoms with E-state index in [1.54, 1.807) is 12.3 Å². The van der Waals surface area contributed by atoms with Gasteiger partial charge in [-0.2, -0.15) is 0 Å². The number of hydrogen-bond donors (Lipinski definition) is 1. The monoisotopic (exact) mass is 389 g/mol. The first-order valence-electron chi connectivity index (χ1n) is 10.1. The van der Waals surface area contributed by atoms with Crippen molar-refractivity contribution in [3.8, 4) is 5.75 Å². The predicted molar refractivity (Wildman–Crippen MR) is 108 cm³/mol. The molecule has 0 radical (unpaired) electrons. The molecule has 6 nitrogen and oxygen atoms in total. The van der Waals surface area contributed by atoms with Crippen LogP contribution in [0.15, 0.2) is 59.3 Å². The molecule has 1 fully saturated rings. The fourth-order valence-corrected chi connectivity index (χ4v) is 4.47. The molecular weight excluding hydrogens is 366 g/mol. The van der Waals surface area contributed by atoms with Gasteiger partial charge in [-0.3, -0.25) is 9.78 Å². The summed E-state index contributed by atoms with van der Waals surface area (Å²) >= 11 is 0. The summed E-state index contributed by atoms with van der Waals surface area (Å²) in [4.78, 5) is 16.6. The number of nitrogens with one attached hydrogen (secondary N) is 1. The topological polar surface area (TPSA) is 77.2 Å². The van der Waals surface area contributed by atoms with E-state index in [1.807, 2.05) is 30.3 Å². The van der Waals surface area contributed by atoms with Gasteiger partial charge in [0.25, 0.3) is 5.91 Å². The quantitative estimate of drug-likeness (QED) is 0.615. The largest absolute Gasteiger partial charge is 0.486 e. The molecule has 0 saturated heterocycles. The smallest absolute Gasteiger partial charge is 0.273 e. The Balaban J connectivity index is 1.12. The van der Waals surface area contributed by atoms with Gasteiger partial charge in [-0.05, 0) is 61.3 Å². The lowest BCUT2D eigenvalue weighted by atomic mass is 9.91. The van der Waals surface area contributed by atoms with E-state index in [4.69, 9.17) is 9.26 Å². The first-order chi connectivity index (χ1) is 14.2. The Morgan fingerprint density at radius 2 is 2.17 bits per heavy atom. The van der Waals surface area contributed by atoms with Gasteiger partial charge in [0.05, 0.1) is 5.52 Å². The summed E-state index contributed by atoms with van der Waals surface area (Å²) in [6.07, 6.45) is 10.0. The van der Waals surface area contributed by atoms with Gasteiger partial charge in [-0.1, -0.05) is 23.4 Å². The van der Waals surface area contributed by atoms with Crippen molar-refractivity contribution >= 4 is 16.8 Å². The molecule has 29 heavy (non-hydrogen) atoms. The first kappa shape index (κ1) is 17.9. The lowest BCUT2D eigenvalue weighted by Gasteiger charge is -2.17. The summed E-state index contributed by atoms with van der Waals surface area (Å²) in [5.41, 5.74) is 1.21. The molecule has 1 amide bonds. The molecule has 1 N–H and O–H groups in total. The minimum Gasteiger partial charge on any atom is -0.486 e. The lowest BCUT2D eigenvalue weighted by Crippen LogP contribution is -2.27. The molecule has 3 atom stereocenters. The number of fused-ring (bicyclic) bond motifs is 3. The number of pyridine rings is 1. The molecule has 1 aromatic carbocycles. The molecule has 0 unspecified atom stereocenters. The van der Waals surface area contributed by atoms with Crippen molar-refractivity contribution in [1.82, 2.24) is 15.5 Å². The molecule has 3 aromatic rings. The van der Waals surface area contributed by atoms with E-state index in [9.17, 15) is 4.79 Å². The zero-order valence-corrected chi connectivity index (χ0v) is 16.1. The number of carbonyl (C=O) groups is 1. The zero-order valence-electron chi connectivity index (χ0n) is 16.1. The van der Waals surface area contributed by atoms with Crippen LogP contribution in [-0.2, 0) is 6.61 Å². The minimum atomic E-state index is -0.199. The van der Waals surface area contributed by atoms with Crippen LogP contribution < -0.4 is 10.1 Å². The maximum Gasteiger partial charge on any atom is 0.273 e. The highest BCUT2D eigenvalue weighted by atomic mass is 16.5. The van der Waals surface area contributed by atoms with Gasteiger partial charge in [-0.15, -0.1) is 0 Å². The maximum atomic E-state index is 12.3. The van der Waals surface area contributed by atoms with Gasteiger partial charge in [0.15, 0.2) is 11.5 Å². The predicted octanol–water partition coefficient (Wildman–Crippen LogP) is 4.13. The number of rotatable bonds is 7. The molecule has 6 heteroatoms. The highest BCUT2D eigenvalue weighted by Gasteiger charge is 2.35. The first-order valence-corrected chi connectivity index (χ1v) is 10.1. The van der Waals surface area contributed by atoms with Crippen LogP contribution in [0.1, 0.15) is 35.5 Å². The van der Waals surface area contributed by atoms with Gasteiger partial charge in [0, 0.05) is 24.2 Å². The highest BCUT2D eigenvalue weighted by molar-refractivity contribution is 5.92. The normalized spacial score (nSPS) is 22.3. The molecule has 148 valence electrons. The Kier molecular flexibility index (Phi) is 4.76. The number of hydrogen-bond acceptors (Lipinski definition) is 5. The number of amides is 1. The second kappa shape index (κ2) is 7.70. The fourth-order valence-electron chi connectivity index (χ4n) is 4.47. The Labute approximate surface area is 168 Å². The molecular formula is C23H23N3O3. The average Bonchev–Trinajstić information content (AvgIpc) is 3.49.